The highest BCUT2D eigenvalue weighted by atomic mass is 16.4. The molecule has 282 valence electrons. The van der Waals surface area contributed by atoms with Crippen LogP contribution < -0.4 is 10.6 Å². The summed E-state index contributed by atoms with van der Waals surface area (Å²) in [5, 5.41) is 6.02. The first-order chi connectivity index (χ1) is 26.7. The van der Waals surface area contributed by atoms with Crippen LogP contribution >= 0.6 is 0 Å². The van der Waals surface area contributed by atoms with Crippen molar-refractivity contribution in [3.05, 3.63) is 126 Å². The van der Waals surface area contributed by atoms with Crippen molar-refractivity contribution in [3.63, 3.8) is 0 Å². The molecule has 3 heterocycles. The number of nitrogens with zero attached hydrogens (tertiary/aromatic N) is 4. The minimum Gasteiger partial charge on any atom is -0.439 e. The van der Waals surface area contributed by atoms with E-state index >= 15 is 0 Å². The Morgan fingerprint density at radius 2 is 1.11 bits per heavy atom. The average Bonchev–Trinajstić information content (AvgIpc) is 3.97. The van der Waals surface area contributed by atoms with Gasteiger partial charge in [-0.25, -0.2) is 4.98 Å². The number of likely N-dealkylation sites (tertiary alicyclic amines) is 2. The molecule has 0 spiro atoms. The molecule has 0 bridgehead atoms. The van der Waals surface area contributed by atoms with Gasteiger partial charge in [-0.3, -0.25) is 19.2 Å². The second-order valence-electron chi connectivity index (χ2n) is 14.5. The Hall–Kier alpha value is -6.07. The van der Waals surface area contributed by atoms with E-state index in [9.17, 15) is 19.2 Å². The van der Waals surface area contributed by atoms with Crippen LogP contribution in [0.2, 0.25) is 0 Å². The van der Waals surface area contributed by atoms with Gasteiger partial charge in [-0.2, -0.15) is 0 Å². The average molecular weight is 739 g/mol. The minimum absolute atomic E-state index is 0.0480. The van der Waals surface area contributed by atoms with E-state index in [-0.39, 0.29) is 36.5 Å². The number of amides is 4. The Kier molecular flexibility index (Phi) is 11.5. The lowest BCUT2D eigenvalue weighted by Gasteiger charge is -2.24. The number of aromatic nitrogens is 1. The number of carbonyl (C=O) groups is 4. The summed E-state index contributed by atoms with van der Waals surface area (Å²) in [6, 6.07) is 33.0. The van der Waals surface area contributed by atoms with Gasteiger partial charge in [0.1, 0.15) is 17.8 Å². The first-order valence-electron chi connectivity index (χ1n) is 18.9. The maximum atomic E-state index is 13.4. The number of oxazole rings is 1. The summed E-state index contributed by atoms with van der Waals surface area (Å²) >= 11 is 0. The number of benzene rings is 4. The van der Waals surface area contributed by atoms with Crippen LogP contribution in [0, 0.1) is 0 Å². The van der Waals surface area contributed by atoms with Crippen LogP contribution in [0.3, 0.4) is 0 Å². The first-order valence-corrected chi connectivity index (χ1v) is 18.9. The molecule has 2 N–H and O–H groups in total. The van der Waals surface area contributed by atoms with Gasteiger partial charge < -0.3 is 29.8 Å². The highest BCUT2D eigenvalue weighted by Crippen LogP contribution is 2.35. The summed E-state index contributed by atoms with van der Waals surface area (Å²) in [5.74, 6) is 0.632. The zero-order chi connectivity index (χ0) is 38.3. The third-order valence-corrected chi connectivity index (χ3v) is 10.1. The van der Waals surface area contributed by atoms with Gasteiger partial charge in [0.15, 0.2) is 5.76 Å². The molecule has 55 heavy (non-hydrogen) atoms. The van der Waals surface area contributed by atoms with Crippen molar-refractivity contribution in [3.8, 4) is 22.6 Å². The van der Waals surface area contributed by atoms with E-state index in [1.54, 1.807) is 9.80 Å². The molecule has 2 atom stereocenters. The largest absolute Gasteiger partial charge is 0.439 e. The standard InChI is InChI=1S/C44H46N6O5/c1-48(2)29-38-47-41(32-17-21-34(22-18-32)45-43(53)36-15-9-25-49(36)39(51)27-30-11-5-3-6-12-30)42(55-38)33-19-23-35(24-20-33)46-44(54)37-16-10-26-50(37)40(52)28-31-13-7-4-8-14-31/h3-8,11-14,17-24,36-37H,9-10,15-16,25-29H2,1-2H3,(H,45,53)(H,46,54)/t36-,37-/m0/s1. The number of hydrogen-bond donors (Lipinski definition) is 2. The molecule has 0 unspecified atom stereocenters. The summed E-state index contributed by atoms with van der Waals surface area (Å²) in [7, 11) is 3.89. The van der Waals surface area contributed by atoms with E-state index in [0.717, 1.165) is 35.1 Å². The van der Waals surface area contributed by atoms with Gasteiger partial charge in [0.25, 0.3) is 0 Å². The van der Waals surface area contributed by atoms with Crippen LogP contribution in [0.25, 0.3) is 22.6 Å². The van der Waals surface area contributed by atoms with Crippen LogP contribution in [0.5, 0.6) is 0 Å². The molecule has 4 amide bonds. The molecule has 2 fully saturated rings. The van der Waals surface area contributed by atoms with E-state index in [1.807, 2.05) is 128 Å². The van der Waals surface area contributed by atoms with Crippen LogP contribution in [0.4, 0.5) is 11.4 Å². The Labute approximate surface area is 321 Å². The van der Waals surface area contributed by atoms with Crippen molar-refractivity contribution in [2.75, 3.05) is 37.8 Å². The lowest BCUT2D eigenvalue weighted by molar-refractivity contribution is -0.136. The third kappa shape index (κ3) is 9.01. The molecule has 0 aliphatic carbocycles. The quantitative estimate of drug-likeness (QED) is 0.151. The highest BCUT2D eigenvalue weighted by Gasteiger charge is 2.35. The first kappa shape index (κ1) is 37.3. The van der Waals surface area contributed by atoms with E-state index < -0.39 is 12.1 Å². The van der Waals surface area contributed by atoms with E-state index in [0.29, 0.717) is 61.2 Å². The molecule has 0 radical (unpaired) electrons. The molecular weight excluding hydrogens is 693 g/mol. The Balaban J connectivity index is 1.02. The topological polar surface area (TPSA) is 128 Å². The van der Waals surface area contributed by atoms with Gasteiger partial charge in [-0.05, 0) is 87.3 Å². The van der Waals surface area contributed by atoms with E-state index in [1.165, 1.54) is 0 Å². The molecule has 2 aliphatic heterocycles. The molecule has 2 saturated heterocycles. The smallest absolute Gasteiger partial charge is 0.247 e. The number of anilines is 2. The number of nitrogens with one attached hydrogen (secondary N) is 2. The summed E-state index contributed by atoms with van der Waals surface area (Å²) < 4.78 is 6.31. The SMILES string of the molecule is CN(C)Cc1nc(-c2ccc(NC(=O)[C@@H]3CCCN3C(=O)Cc3ccccc3)cc2)c(-c2ccc(NC(=O)[C@@H]3CCCN3C(=O)Cc3ccccc3)cc2)o1. The second kappa shape index (κ2) is 16.9. The predicted octanol–water partition coefficient (Wildman–Crippen LogP) is 6.41. The lowest BCUT2D eigenvalue weighted by Crippen LogP contribution is -2.43. The molecule has 0 saturated carbocycles. The maximum Gasteiger partial charge on any atom is 0.247 e. The van der Waals surface area contributed by atoms with Gasteiger partial charge in [0.2, 0.25) is 29.5 Å². The molecule has 11 nitrogen and oxygen atoms in total. The molecule has 4 aromatic carbocycles. The van der Waals surface area contributed by atoms with Crippen LogP contribution in [0.15, 0.2) is 114 Å². The van der Waals surface area contributed by atoms with Crippen LogP contribution in [-0.2, 0) is 38.6 Å². The van der Waals surface area contributed by atoms with Crippen molar-refractivity contribution in [2.24, 2.45) is 0 Å². The second-order valence-corrected chi connectivity index (χ2v) is 14.5. The summed E-state index contributed by atoms with van der Waals surface area (Å²) in [6.45, 7) is 1.63. The van der Waals surface area contributed by atoms with Gasteiger partial charge in [0, 0.05) is 35.6 Å². The number of rotatable bonds is 12. The van der Waals surface area contributed by atoms with Crippen molar-refractivity contribution < 1.29 is 23.6 Å². The van der Waals surface area contributed by atoms with Crippen molar-refractivity contribution in [2.45, 2.75) is 57.2 Å². The number of carbonyl (C=O) groups excluding carboxylic acids is 4. The van der Waals surface area contributed by atoms with Gasteiger partial charge in [-0.1, -0.05) is 72.8 Å². The zero-order valence-electron chi connectivity index (χ0n) is 31.2. The fourth-order valence-electron chi connectivity index (χ4n) is 7.38. The van der Waals surface area contributed by atoms with E-state index in [2.05, 4.69) is 10.6 Å². The Morgan fingerprint density at radius 1 is 0.655 bits per heavy atom. The molecule has 11 heteroatoms. The molecular formula is C44H46N6O5. The van der Waals surface area contributed by atoms with Crippen molar-refractivity contribution in [1.29, 1.82) is 0 Å². The molecule has 5 aromatic rings. The van der Waals surface area contributed by atoms with Crippen molar-refractivity contribution in [1.82, 2.24) is 19.7 Å². The maximum absolute atomic E-state index is 13.4. The normalized spacial score (nSPS) is 16.7. The van der Waals surface area contributed by atoms with Gasteiger partial charge in [-0.15, -0.1) is 0 Å². The van der Waals surface area contributed by atoms with Gasteiger partial charge in [0.05, 0.1) is 19.4 Å². The molecule has 7 rings (SSSR count). The highest BCUT2D eigenvalue weighted by molar-refractivity contribution is 5.99. The molecule has 1 aromatic heterocycles. The van der Waals surface area contributed by atoms with Gasteiger partial charge >= 0.3 is 0 Å². The van der Waals surface area contributed by atoms with E-state index in [4.69, 9.17) is 9.40 Å². The third-order valence-electron chi connectivity index (χ3n) is 10.1. The zero-order valence-corrected chi connectivity index (χ0v) is 31.2. The van der Waals surface area contributed by atoms with Crippen LogP contribution in [0.1, 0.15) is 42.7 Å². The fourth-order valence-corrected chi connectivity index (χ4v) is 7.38. The lowest BCUT2D eigenvalue weighted by atomic mass is 10.0. The fraction of sp³-hybridized carbons (Fsp3) is 0.295. The Bertz CT molecular complexity index is 1970. The summed E-state index contributed by atoms with van der Waals surface area (Å²) in [4.78, 5) is 63.2. The summed E-state index contributed by atoms with van der Waals surface area (Å²) in [5.41, 5.74) is 5.34. The predicted molar refractivity (Wildman–Crippen MR) is 212 cm³/mol. The monoisotopic (exact) mass is 738 g/mol. The molecule has 2 aliphatic rings. The minimum atomic E-state index is -0.516. The summed E-state index contributed by atoms with van der Waals surface area (Å²) in [6.07, 6.45) is 3.34. The Morgan fingerprint density at radius 3 is 1.56 bits per heavy atom. The van der Waals surface area contributed by atoms with Crippen LogP contribution in [-0.4, -0.2) is 82.6 Å². The number of hydrogen-bond acceptors (Lipinski definition) is 7. The van der Waals surface area contributed by atoms with Crippen molar-refractivity contribution >= 4 is 35.0 Å².